The molecule has 2 amide bonds. The molecule has 0 atom stereocenters. The minimum absolute atomic E-state index is 0.148. The van der Waals surface area contributed by atoms with Gasteiger partial charge < -0.3 is 15.2 Å². The van der Waals surface area contributed by atoms with Crippen LogP contribution in [0.4, 0.5) is 10.1 Å². The van der Waals surface area contributed by atoms with E-state index in [0.29, 0.717) is 18.1 Å². The Kier molecular flexibility index (Phi) is 5.05. The van der Waals surface area contributed by atoms with Gasteiger partial charge >= 0.3 is 11.8 Å². The second-order valence-electron chi connectivity index (χ2n) is 4.32. The van der Waals surface area contributed by atoms with Gasteiger partial charge in [-0.05, 0) is 25.1 Å². The first-order valence-electron chi connectivity index (χ1n) is 6.29. The maximum atomic E-state index is 13.0. The van der Waals surface area contributed by atoms with Gasteiger partial charge in [-0.15, -0.1) is 0 Å². The van der Waals surface area contributed by atoms with Crippen LogP contribution >= 0.6 is 11.6 Å². The lowest BCUT2D eigenvalue weighted by Gasteiger charge is -2.06. The maximum Gasteiger partial charge on any atom is 0.313 e. The van der Waals surface area contributed by atoms with Crippen molar-refractivity contribution in [3.05, 3.63) is 40.8 Å². The van der Waals surface area contributed by atoms with E-state index in [2.05, 4.69) is 20.8 Å². The molecule has 0 spiro atoms. The van der Waals surface area contributed by atoms with Crippen molar-refractivity contribution in [1.82, 2.24) is 15.5 Å². The number of hydrogen-bond donors (Lipinski definition) is 2. The first-order chi connectivity index (χ1) is 10.5. The predicted molar refractivity (Wildman–Crippen MR) is 75.8 cm³/mol. The molecule has 0 bridgehead atoms. The summed E-state index contributed by atoms with van der Waals surface area (Å²) in [5.74, 6) is -1.48. The topological polar surface area (TPSA) is 97.1 Å². The van der Waals surface area contributed by atoms with E-state index in [-0.39, 0.29) is 17.3 Å². The van der Waals surface area contributed by atoms with Crippen LogP contribution in [0, 0.1) is 12.7 Å². The molecule has 0 saturated carbocycles. The summed E-state index contributed by atoms with van der Waals surface area (Å²) in [7, 11) is 0. The summed E-state index contributed by atoms with van der Waals surface area (Å²) in [5.41, 5.74) is 0.221. The lowest BCUT2D eigenvalue weighted by Crippen LogP contribution is -2.36. The van der Waals surface area contributed by atoms with Crippen molar-refractivity contribution in [2.75, 3.05) is 11.9 Å². The van der Waals surface area contributed by atoms with Gasteiger partial charge in [0.25, 0.3) is 0 Å². The Morgan fingerprint density at radius 3 is 2.77 bits per heavy atom. The summed E-state index contributed by atoms with van der Waals surface area (Å²) in [5, 5.41) is 8.16. The molecular formula is C13H12ClFN4O3. The fourth-order valence-electron chi connectivity index (χ4n) is 1.57. The molecule has 0 aliphatic rings. The predicted octanol–water partition coefficient (Wildman–Crippen LogP) is 1.47. The highest BCUT2D eigenvalue weighted by Gasteiger charge is 2.14. The van der Waals surface area contributed by atoms with Crippen molar-refractivity contribution in [1.29, 1.82) is 0 Å². The highest BCUT2D eigenvalue weighted by Crippen LogP contribution is 2.19. The molecule has 0 fully saturated rings. The third-order valence-electron chi connectivity index (χ3n) is 2.58. The van der Waals surface area contributed by atoms with Crippen LogP contribution in [0.5, 0.6) is 0 Å². The normalized spacial score (nSPS) is 10.3. The van der Waals surface area contributed by atoms with Crippen LogP contribution in [0.3, 0.4) is 0 Å². The van der Waals surface area contributed by atoms with Gasteiger partial charge in [0.15, 0.2) is 5.82 Å². The number of carbonyl (C=O) groups excluding carboxylic acids is 2. The largest absolute Gasteiger partial charge is 0.347 e. The van der Waals surface area contributed by atoms with Crippen LogP contribution in [0.25, 0.3) is 0 Å². The van der Waals surface area contributed by atoms with Gasteiger partial charge in [0, 0.05) is 18.7 Å². The molecule has 1 aromatic carbocycles. The molecule has 7 nitrogen and oxygen atoms in total. The van der Waals surface area contributed by atoms with E-state index in [9.17, 15) is 14.0 Å². The van der Waals surface area contributed by atoms with Gasteiger partial charge in [-0.2, -0.15) is 4.98 Å². The van der Waals surface area contributed by atoms with Gasteiger partial charge in [0.05, 0.1) is 5.02 Å². The summed E-state index contributed by atoms with van der Waals surface area (Å²) in [4.78, 5) is 27.2. The van der Waals surface area contributed by atoms with Crippen LogP contribution in [0.15, 0.2) is 22.7 Å². The SMILES string of the molecule is Cc1noc(CCNC(=O)C(=O)Nc2ccc(F)c(Cl)c2)n1. The summed E-state index contributed by atoms with van der Waals surface area (Å²) in [6.45, 7) is 1.84. The Balaban J connectivity index is 1.81. The Bertz CT molecular complexity index is 704. The number of rotatable bonds is 4. The van der Waals surface area contributed by atoms with Gasteiger partial charge in [-0.1, -0.05) is 16.8 Å². The first-order valence-corrected chi connectivity index (χ1v) is 6.67. The number of amides is 2. The lowest BCUT2D eigenvalue weighted by atomic mass is 10.3. The molecule has 2 aromatic rings. The van der Waals surface area contributed by atoms with Crippen molar-refractivity contribution in [3.63, 3.8) is 0 Å². The smallest absolute Gasteiger partial charge is 0.313 e. The average Bonchev–Trinajstić information content (AvgIpc) is 2.88. The molecule has 2 N–H and O–H groups in total. The number of aryl methyl sites for hydroxylation is 1. The second-order valence-corrected chi connectivity index (χ2v) is 4.73. The van der Waals surface area contributed by atoms with Crippen LogP contribution in [-0.4, -0.2) is 28.5 Å². The lowest BCUT2D eigenvalue weighted by molar-refractivity contribution is -0.136. The molecule has 22 heavy (non-hydrogen) atoms. The summed E-state index contributed by atoms with van der Waals surface area (Å²) in [6.07, 6.45) is 0.308. The molecule has 116 valence electrons. The van der Waals surface area contributed by atoms with E-state index in [1.54, 1.807) is 6.92 Å². The Labute approximate surface area is 129 Å². The zero-order chi connectivity index (χ0) is 16.1. The van der Waals surface area contributed by atoms with E-state index < -0.39 is 17.6 Å². The average molecular weight is 327 g/mol. The van der Waals surface area contributed by atoms with Gasteiger partial charge in [-0.25, -0.2) is 4.39 Å². The number of aromatic nitrogens is 2. The van der Waals surface area contributed by atoms with Crippen molar-refractivity contribution in [2.24, 2.45) is 0 Å². The molecular weight excluding hydrogens is 315 g/mol. The van der Waals surface area contributed by atoms with Crippen LogP contribution in [-0.2, 0) is 16.0 Å². The Morgan fingerprint density at radius 1 is 1.36 bits per heavy atom. The highest BCUT2D eigenvalue weighted by molar-refractivity contribution is 6.39. The summed E-state index contributed by atoms with van der Waals surface area (Å²) in [6, 6.07) is 3.60. The maximum absolute atomic E-state index is 13.0. The van der Waals surface area contributed by atoms with Gasteiger partial charge in [0.1, 0.15) is 5.82 Å². The van der Waals surface area contributed by atoms with Gasteiger partial charge in [-0.3, -0.25) is 9.59 Å². The molecule has 1 heterocycles. The minimum Gasteiger partial charge on any atom is -0.347 e. The van der Waals surface area contributed by atoms with Crippen LogP contribution < -0.4 is 10.6 Å². The molecule has 0 aliphatic carbocycles. The zero-order valence-corrected chi connectivity index (χ0v) is 12.3. The minimum atomic E-state index is -0.885. The Morgan fingerprint density at radius 2 is 2.14 bits per heavy atom. The number of benzene rings is 1. The van der Waals surface area contributed by atoms with E-state index in [0.717, 1.165) is 6.07 Å². The molecule has 0 radical (unpaired) electrons. The highest BCUT2D eigenvalue weighted by atomic mass is 35.5. The van der Waals surface area contributed by atoms with Crippen LogP contribution in [0.2, 0.25) is 5.02 Å². The standard InChI is InChI=1S/C13H12ClFN4O3/c1-7-17-11(22-19-7)4-5-16-12(20)13(21)18-8-2-3-10(15)9(14)6-8/h2-3,6H,4-5H2,1H3,(H,16,20)(H,18,21). The third kappa shape index (κ3) is 4.26. The van der Waals surface area contributed by atoms with Crippen LogP contribution in [0.1, 0.15) is 11.7 Å². The van der Waals surface area contributed by atoms with Crippen molar-refractivity contribution in [2.45, 2.75) is 13.3 Å². The number of anilines is 1. The third-order valence-corrected chi connectivity index (χ3v) is 2.87. The van der Waals surface area contributed by atoms with Crippen molar-refractivity contribution < 1.29 is 18.5 Å². The van der Waals surface area contributed by atoms with E-state index in [4.69, 9.17) is 16.1 Å². The molecule has 0 unspecified atom stereocenters. The first kappa shape index (κ1) is 15.9. The molecule has 0 aliphatic heterocycles. The fraction of sp³-hybridized carbons (Fsp3) is 0.231. The van der Waals surface area contributed by atoms with Gasteiger partial charge in [0.2, 0.25) is 5.89 Å². The van der Waals surface area contributed by atoms with E-state index in [1.165, 1.54) is 12.1 Å². The zero-order valence-electron chi connectivity index (χ0n) is 11.5. The molecule has 0 saturated heterocycles. The monoisotopic (exact) mass is 326 g/mol. The number of nitrogens with one attached hydrogen (secondary N) is 2. The summed E-state index contributed by atoms with van der Waals surface area (Å²) < 4.78 is 17.8. The van der Waals surface area contributed by atoms with E-state index >= 15 is 0 Å². The van der Waals surface area contributed by atoms with Crippen molar-refractivity contribution in [3.8, 4) is 0 Å². The second kappa shape index (κ2) is 6.99. The number of halogens is 2. The summed E-state index contributed by atoms with van der Waals surface area (Å²) >= 11 is 5.58. The van der Waals surface area contributed by atoms with E-state index in [1.807, 2.05) is 0 Å². The number of carbonyl (C=O) groups is 2. The molecule has 1 aromatic heterocycles. The molecule has 2 rings (SSSR count). The Hall–Kier alpha value is -2.48. The quantitative estimate of drug-likeness (QED) is 0.829. The number of hydrogen-bond acceptors (Lipinski definition) is 5. The number of nitrogens with zero attached hydrogens (tertiary/aromatic N) is 2. The fourth-order valence-corrected chi connectivity index (χ4v) is 1.75. The van der Waals surface area contributed by atoms with Crippen molar-refractivity contribution >= 4 is 29.1 Å². The molecule has 9 heteroatoms.